The maximum atomic E-state index is 13.3. The molecule has 25 heavy (non-hydrogen) atoms. The second kappa shape index (κ2) is 7.67. The Morgan fingerprint density at radius 3 is 2.52 bits per heavy atom. The molecule has 6 heteroatoms. The number of amides is 1. The predicted molar refractivity (Wildman–Crippen MR) is 91.5 cm³/mol. The van der Waals surface area contributed by atoms with Crippen LogP contribution in [0, 0.1) is 17.1 Å². The first-order chi connectivity index (χ1) is 12.2. The first-order valence-corrected chi connectivity index (χ1v) is 8.07. The number of nitriles is 1. The topological polar surface area (TPSA) is 56.6 Å². The number of carbonyl (C=O) groups excluding carboxylic acids is 1. The van der Waals surface area contributed by atoms with Crippen molar-refractivity contribution in [3.8, 4) is 6.07 Å². The fourth-order valence-corrected chi connectivity index (χ4v) is 2.81. The third-order valence-electron chi connectivity index (χ3n) is 4.16. The average molecular weight is 339 g/mol. The standard InChI is InChI=1S/C19H18FN3O2/c20-17-6-7-18(16(12-17)13-21)22-8-10-23(11-9-22)19(24)25-14-15-4-2-1-3-5-15/h1-7,12H,8-11,14H2. The number of anilines is 1. The van der Waals surface area contributed by atoms with Gasteiger partial charge in [0.1, 0.15) is 18.5 Å². The smallest absolute Gasteiger partial charge is 0.410 e. The van der Waals surface area contributed by atoms with E-state index in [2.05, 4.69) is 0 Å². The Kier molecular flexibility index (Phi) is 5.14. The summed E-state index contributed by atoms with van der Waals surface area (Å²) in [5.74, 6) is -0.427. The first-order valence-electron chi connectivity index (χ1n) is 8.07. The summed E-state index contributed by atoms with van der Waals surface area (Å²) < 4.78 is 18.6. The highest BCUT2D eigenvalue weighted by atomic mass is 19.1. The van der Waals surface area contributed by atoms with E-state index in [1.54, 1.807) is 11.0 Å². The number of piperazine rings is 1. The minimum atomic E-state index is -0.427. The number of ether oxygens (including phenoxy) is 1. The summed E-state index contributed by atoms with van der Waals surface area (Å²) in [6, 6.07) is 15.7. The lowest BCUT2D eigenvalue weighted by Gasteiger charge is -2.35. The van der Waals surface area contributed by atoms with Gasteiger partial charge in [-0.15, -0.1) is 0 Å². The Hall–Kier alpha value is -3.07. The third kappa shape index (κ3) is 4.07. The van der Waals surface area contributed by atoms with Crippen molar-refractivity contribution in [3.05, 3.63) is 65.5 Å². The maximum Gasteiger partial charge on any atom is 0.410 e. The lowest BCUT2D eigenvalue weighted by atomic mass is 10.1. The van der Waals surface area contributed by atoms with E-state index in [-0.39, 0.29) is 12.7 Å². The van der Waals surface area contributed by atoms with Gasteiger partial charge in [-0.1, -0.05) is 30.3 Å². The zero-order chi connectivity index (χ0) is 17.6. The molecule has 0 N–H and O–H groups in total. The molecular formula is C19H18FN3O2. The van der Waals surface area contributed by atoms with E-state index in [4.69, 9.17) is 10.00 Å². The van der Waals surface area contributed by atoms with Crippen LogP contribution < -0.4 is 4.90 Å². The van der Waals surface area contributed by atoms with Crippen molar-refractivity contribution >= 4 is 11.8 Å². The first kappa shape index (κ1) is 16.8. The van der Waals surface area contributed by atoms with E-state index in [0.717, 1.165) is 5.56 Å². The Bertz CT molecular complexity index is 781. The summed E-state index contributed by atoms with van der Waals surface area (Å²) in [5, 5.41) is 9.16. The van der Waals surface area contributed by atoms with Crippen LogP contribution in [0.25, 0.3) is 0 Å². The molecule has 5 nitrogen and oxygen atoms in total. The quantitative estimate of drug-likeness (QED) is 0.862. The van der Waals surface area contributed by atoms with Gasteiger partial charge in [0, 0.05) is 26.2 Å². The highest BCUT2D eigenvalue weighted by Gasteiger charge is 2.23. The van der Waals surface area contributed by atoms with Crippen molar-refractivity contribution in [2.45, 2.75) is 6.61 Å². The minimum Gasteiger partial charge on any atom is -0.445 e. The van der Waals surface area contributed by atoms with E-state index >= 15 is 0 Å². The van der Waals surface area contributed by atoms with Gasteiger partial charge in [-0.25, -0.2) is 9.18 Å². The number of rotatable bonds is 3. The molecule has 1 fully saturated rings. The summed E-state index contributed by atoms with van der Waals surface area (Å²) in [4.78, 5) is 15.8. The molecule has 1 heterocycles. The molecule has 0 radical (unpaired) electrons. The number of benzene rings is 2. The summed E-state index contributed by atoms with van der Waals surface area (Å²) >= 11 is 0. The third-order valence-corrected chi connectivity index (χ3v) is 4.16. The lowest BCUT2D eigenvalue weighted by Crippen LogP contribution is -2.49. The van der Waals surface area contributed by atoms with Gasteiger partial charge in [0.15, 0.2) is 0 Å². The molecule has 0 aliphatic carbocycles. The summed E-state index contributed by atoms with van der Waals surface area (Å²) in [6.07, 6.45) is -0.344. The summed E-state index contributed by atoms with van der Waals surface area (Å²) in [6.45, 7) is 2.38. The van der Waals surface area contributed by atoms with Crippen LogP contribution in [0.5, 0.6) is 0 Å². The molecule has 1 aliphatic rings. The Morgan fingerprint density at radius 1 is 1.12 bits per heavy atom. The molecule has 0 spiro atoms. The average Bonchev–Trinajstić information content (AvgIpc) is 2.67. The van der Waals surface area contributed by atoms with E-state index in [1.165, 1.54) is 12.1 Å². The van der Waals surface area contributed by atoms with E-state index < -0.39 is 5.82 Å². The van der Waals surface area contributed by atoms with Gasteiger partial charge in [0.2, 0.25) is 0 Å². The van der Waals surface area contributed by atoms with Crippen molar-refractivity contribution < 1.29 is 13.9 Å². The molecule has 0 unspecified atom stereocenters. The molecule has 0 atom stereocenters. The molecular weight excluding hydrogens is 321 g/mol. The molecule has 2 aromatic rings. The number of halogens is 1. The van der Waals surface area contributed by atoms with Gasteiger partial charge >= 0.3 is 6.09 Å². The molecule has 1 saturated heterocycles. The molecule has 2 aromatic carbocycles. The number of nitrogens with zero attached hydrogens (tertiary/aromatic N) is 3. The molecule has 0 aromatic heterocycles. The van der Waals surface area contributed by atoms with Crippen molar-refractivity contribution in [3.63, 3.8) is 0 Å². The highest BCUT2D eigenvalue weighted by Crippen LogP contribution is 2.22. The normalized spacial score (nSPS) is 14.1. The van der Waals surface area contributed by atoms with Crippen molar-refractivity contribution in [1.82, 2.24) is 4.90 Å². The van der Waals surface area contributed by atoms with Gasteiger partial charge in [-0.05, 0) is 23.8 Å². The lowest BCUT2D eigenvalue weighted by molar-refractivity contribution is 0.0942. The van der Waals surface area contributed by atoms with Crippen molar-refractivity contribution in [2.75, 3.05) is 31.1 Å². The van der Waals surface area contributed by atoms with Gasteiger partial charge in [0.25, 0.3) is 0 Å². The Labute approximate surface area is 145 Å². The molecule has 1 amide bonds. The second-order valence-corrected chi connectivity index (χ2v) is 5.79. The SMILES string of the molecule is N#Cc1cc(F)ccc1N1CCN(C(=O)OCc2ccccc2)CC1. The van der Waals surface area contributed by atoms with Crippen LogP contribution in [0.3, 0.4) is 0 Å². The summed E-state index contributed by atoms with van der Waals surface area (Å²) in [7, 11) is 0. The largest absolute Gasteiger partial charge is 0.445 e. The predicted octanol–water partition coefficient (Wildman–Crippen LogP) is 3.16. The summed E-state index contributed by atoms with van der Waals surface area (Å²) in [5.41, 5.74) is 1.95. The van der Waals surface area contributed by atoms with Gasteiger partial charge < -0.3 is 14.5 Å². The molecule has 1 aliphatic heterocycles. The maximum absolute atomic E-state index is 13.3. The highest BCUT2D eigenvalue weighted by molar-refractivity contribution is 5.68. The van der Waals surface area contributed by atoms with E-state index in [9.17, 15) is 9.18 Å². The van der Waals surface area contributed by atoms with Crippen LogP contribution in [0.1, 0.15) is 11.1 Å². The van der Waals surface area contributed by atoms with Crippen LogP contribution >= 0.6 is 0 Å². The van der Waals surface area contributed by atoms with Gasteiger partial charge in [-0.2, -0.15) is 5.26 Å². The molecule has 3 rings (SSSR count). The van der Waals surface area contributed by atoms with Gasteiger partial charge in [0.05, 0.1) is 11.3 Å². The van der Waals surface area contributed by atoms with Crippen LogP contribution in [-0.2, 0) is 11.3 Å². The fraction of sp³-hybridized carbons (Fsp3) is 0.263. The zero-order valence-electron chi connectivity index (χ0n) is 13.7. The van der Waals surface area contributed by atoms with Crippen molar-refractivity contribution in [1.29, 1.82) is 5.26 Å². The zero-order valence-corrected chi connectivity index (χ0v) is 13.7. The number of carbonyl (C=O) groups is 1. The van der Waals surface area contributed by atoms with Crippen LogP contribution in [-0.4, -0.2) is 37.2 Å². The van der Waals surface area contributed by atoms with Crippen molar-refractivity contribution in [2.24, 2.45) is 0 Å². The monoisotopic (exact) mass is 339 g/mol. The fourth-order valence-electron chi connectivity index (χ4n) is 2.81. The molecule has 0 saturated carbocycles. The van der Waals surface area contributed by atoms with Gasteiger partial charge in [-0.3, -0.25) is 0 Å². The molecule has 128 valence electrons. The number of hydrogen-bond acceptors (Lipinski definition) is 4. The Balaban J connectivity index is 1.55. The molecule has 0 bridgehead atoms. The number of hydrogen-bond donors (Lipinski definition) is 0. The second-order valence-electron chi connectivity index (χ2n) is 5.79. The van der Waals surface area contributed by atoms with Crippen LogP contribution in [0.15, 0.2) is 48.5 Å². The van der Waals surface area contributed by atoms with Crippen LogP contribution in [0.2, 0.25) is 0 Å². The van der Waals surface area contributed by atoms with E-state index in [0.29, 0.717) is 37.4 Å². The van der Waals surface area contributed by atoms with E-state index in [1.807, 2.05) is 41.3 Å². The Morgan fingerprint density at radius 2 is 1.84 bits per heavy atom. The van der Waals surface area contributed by atoms with Crippen LogP contribution in [0.4, 0.5) is 14.9 Å². The minimum absolute atomic E-state index is 0.246.